The van der Waals surface area contributed by atoms with E-state index in [0.29, 0.717) is 28.5 Å². The highest BCUT2D eigenvalue weighted by Crippen LogP contribution is 2.39. The third kappa shape index (κ3) is 4.92. The maximum Gasteiger partial charge on any atom is 0.335 e. The van der Waals surface area contributed by atoms with Crippen molar-refractivity contribution in [3.05, 3.63) is 64.7 Å². The second-order valence-electron chi connectivity index (χ2n) is 9.26. The first-order chi connectivity index (χ1) is 14.4. The molecule has 1 amide bonds. The van der Waals surface area contributed by atoms with E-state index in [1.807, 2.05) is 24.3 Å². The number of anilines is 1. The van der Waals surface area contributed by atoms with Crippen LogP contribution in [0.4, 0.5) is 5.69 Å². The predicted octanol–water partition coefficient (Wildman–Crippen LogP) is 6.01. The van der Waals surface area contributed by atoms with Crippen molar-refractivity contribution in [2.45, 2.75) is 45.3 Å². The van der Waals surface area contributed by atoms with Gasteiger partial charge in [-0.2, -0.15) is 0 Å². The standard InChI is InChI=1S/C24H28ClNO4Si/c1-24(2,3)31(4,5)30-13-12-15-6-8-16(9-7-15)21(25)20-18-14-17(23(28)29)10-11-19(18)26-22(20)27/h6-11,14H,12-13H2,1-5H3,(H,26,27)(H,28,29). The summed E-state index contributed by atoms with van der Waals surface area (Å²) in [6.07, 6.45) is 0.798. The van der Waals surface area contributed by atoms with Crippen LogP contribution in [0, 0.1) is 0 Å². The lowest BCUT2D eigenvalue weighted by Gasteiger charge is -2.36. The Kier molecular flexibility index (Phi) is 6.46. The van der Waals surface area contributed by atoms with E-state index in [1.165, 1.54) is 12.1 Å². The number of carbonyl (C=O) groups excluding carboxylic acids is 1. The summed E-state index contributed by atoms with van der Waals surface area (Å²) in [6, 6.07) is 12.2. The van der Waals surface area contributed by atoms with Crippen molar-refractivity contribution < 1.29 is 19.1 Å². The van der Waals surface area contributed by atoms with Crippen LogP contribution in [0.3, 0.4) is 0 Å². The van der Waals surface area contributed by atoms with Gasteiger partial charge in [-0.25, -0.2) is 4.79 Å². The van der Waals surface area contributed by atoms with Crippen molar-refractivity contribution in [2.75, 3.05) is 11.9 Å². The Morgan fingerprint density at radius 3 is 2.29 bits per heavy atom. The zero-order chi connectivity index (χ0) is 23.0. The normalized spacial score (nSPS) is 15.5. The van der Waals surface area contributed by atoms with Crippen molar-refractivity contribution in [1.29, 1.82) is 0 Å². The van der Waals surface area contributed by atoms with Crippen LogP contribution in [-0.4, -0.2) is 31.9 Å². The molecule has 0 unspecified atom stereocenters. The molecule has 0 fully saturated rings. The van der Waals surface area contributed by atoms with Gasteiger partial charge < -0.3 is 14.8 Å². The average Bonchev–Trinajstić information content (AvgIpc) is 3.01. The molecular formula is C24H28ClNO4Si. The lowest BCUT2D eigenvalue weighted by Crippen LogP contribution is -2.41. The third-order valence-corrected chi connectivity index (χ3v) is 11.0. The minimum Gasteiger partial charge on any atom is -0.478 e. The van der Waals surface area contributed by atoms with Crippen molar-refractivity contribution in [2.24, 2.45) is 0 Å². The van der Waals surface area contributed by atoms with Crippen molar-refractivity contribution in [3.8, 4) is 0 Å². The molecule has 0 saturated carbocycles. The fourth-order valence-electron chi connectivity index (χ4n) is 3.12. The van der Waals surface area contributed by atoms with E-state index in [-0.39, 0.29) is 22.1 Å². The van der Waals surface area contributed by atoms with Crippen LogP contribution in [-0.2, 0) is 15.6 Å². The molecule has 31 heavy (non-hydrogen) atoms. The molecule has 0 radical (unpaired) electrons. The first-order valence-corrected chi connectivity index (χ1v) is 13.5. The Bertz CT molecular complexity index is 1050. The fraction of sp³-hybridized carbons (Fsp3) is 0.333. The number of carboxylic acids is 1. The second kappa shape index (κ2) is 8.61. The molecule has 7 heteroatoms. The number of benzene rings is 2. The molecule has 0 saturated heterocycles. The van der Waals surface area contributed by atoms with Crippen LogP contribution in [0.15, 0.2) is 42.5 Å². The molecule has 0 spiro atoms. The van der Waals surface area contributed by atoms with Crippen LogP contribution in [0.1, 0.15) is 47.8 Å². The van der Waals surface area contributed by atoms with Gasteiger partial charge in [0.2, 0.25) is 0 Å². The average molecular weight is 458 g/mol. The van der Waals surface area contributed by atoms with Gasteiger partial charge in [0.05, 0.1) is 16.2 Å². The van der Waals surface area contributed by atoms with E-state index in [0.717, 1.165) is 12.0 Å². The molecule has 1 heterocycles. The molecule has 2 N–H and O–H groups in total. The van der Waals surface area contributed by atoms with Gasteiger partial charge in [-0.15, -0.1) is 0 Å². The van der Waals surface area contributed by atoms with Crippen molar-refractivity contribution in [1.82, 2.24) is 0 Å². The molecule has 2 aromatic rings. The number of hydrogen-bond donors (Lipinski definition) is 2. The molecule has 5 nitrogen and oxygen atoms in total. The van der Waals surface area contributed by atoms with Gasteiger partial charge >= 0.3 is 5.97 Å². The van der Waals surface area contributed by atoms with Gasteiger partial charge in [0, 0.05) is 17.9 Å². The summed E-state index contributed by atoms with van der Waals surface area (Å²) < 4.78 is 6.24. The predicted molar refractivity (Wildman–Crippen MR) is 128 cm³/mol. The Hall–Kier alpha value is -2.41. The minimum absolute atomic E-state index is 0.106. The van der Waals surface area contributed by atoms with Crippen LogP contribution < -0.4 is 5.32 Å². The zero-order valence-electron chi connectivity index (χ0n) is 18.5. The molecule has 0 atom stereocenters. The first kappa shape index (κ1) is 23.3. The highest BCUT2D eigenvalue weighted by Gasteiger charge is 2.36. The summed E-state index contributed by atoms with van der Waals surface area (Å²) in [7, 11) is -1.77. The van der Waals surface area contributed by atoms with Crippen LogP contribution in [0.2, 0.25) is 18.1 Å². The van der Waals surface area contributed by atoms with Crippen LogP contribution in [0.25, 0.3) is 10.6 Å². The van der Waals surface area contributed by atoms with E-state index in [1.54, 1.807) is 6.07 Å². The van der Waals surface area contributed by atoms with Gasteiger partial charge in [0.15, 0.2) is 8.32 Å². The maximum atomic E-state index is 12.5. The Labute approximate surface area is 189 Å². The first-order valence-electron chi connectivity index (χ1n) is 10.2. The van der Waals surface area contributed by atoms with E-state index in [9.17, 15) is 14.7 Å². The van der Waals surface area contributed by atoms with Crippen molar-refractivity contribution >= 4 is 48.1 Å². The molecule has 0 aromatic heterocycles. The molecule has 0 aliphatic carbocycles. The lowest BCUT2D eigenvalue weighted by atomic mass is 10.0. The summed E-state index contributed by atoms with van der Waals surface area (Å²) in [5.74, 6) is -1.39. The topological polar surface area (TPSA) is 75.6 Å². The minimum atomic E-state index is -1.77. The summed E-state index contributed by atoms with van der Waals surface area (Å²) >= 11 is 6.59. The molecule has 1 aliphatic rings. The molecule has 3 rings (SSSR count). The zero-order valence-corrected chi connectivity index (χ0v) is 20.3. The monoisotopic (exact) mass is 457 g/mol. The van der Waals surface area contributed by atoms with Gasteiger partial charge in [-0.1, -0.05) is 56.6 Å². The summed E-state index contributed by atoms with van der Waals surface area (Å²) in [6.45, 7) is 11.8. The van der Waals surface area contributed by atoms with Gasteiger partial charge in [-0.3, -0.25) is 4.79 Å². The smallest absolute Gasteiger partial charge is 0.335 e. The highest BCUT2D eigenvalue weighted by molar-refractivity contribution is 6.74. The largest absolute Gasteiger partial charge is 0.478 e. The number of halogens is 1. The van der Waals surface area contributed by atoms with E-state index >= 15 is 0 Å². The number of carboxylic acid groups (broad SMARTS) is 1. The number of nitrogens with one attached hydrogen (secondary N) is 1. The van der Waals surface area contributed by atoms with Gasteiger partial charge in [0.25, 0.3) is 5.91 Å². The van der Waals surface area contributed by atoms with Gasteiger partial charge in [0.1, 0.15) is 0 Å². The summed E-state index contributed by atoms with van der Waals surface area (Å²) in [5, 5.41) is 12.5. The number of amides is 1. The molecular weight excluding hydrogens is 430 g/mol. The molecule has 0 bridgehead atoms. The second-order valence-corrected chi connectivity index (χ2v) is 14.5. The SMILES string of the molecule is CC(C)(C)[Si](C)(C)OCCc1ccc(C(Cl)=C2C(=O)Nc3ccc(C(=O)O)cc32)cc1. The highest BCUT2D eigenvalue weighted by atomic mass is 35.5. The summed E-state index contributed by atoms with van der Waals surface area (Å²) in [5.41, 5.74) is 3.28. The van der Waals surface area contributed by atoms with Crippen LogP contribution >= 0.6 is 11.6 Å². The van der Waals surface area contributed by atoms with E-state index < -0.39 is 14.3 Å². The van der Waals surface area contributed by atoms with Gasteiger partial charge in [-0.05, 0) is 53.9 Å². The number of rotatable bonds is 6. The Morgan fingerprint density at radius 1 is 1.10 bits per heavy atom. The van der Waals surface area contributed by atoms with Crippen molar-refractivity contribution in [3.63, 3.8) is 0 Å². The number of hydrogen-bond acceptors (Lipinski definition) is 3. The lowest BCUT2D eigenvalue weighted by molar-refractivity contribution is -0.110. The number of fused-ring (bicyclic) bond motifs is 1. The number of carbonyl (C=O) groups is 2. The van der Waals surface area contributed by atoms with E-state index in [4.69, 9.17) is 16.0 Å². The molecule has 164 valence electrons. The Morgan fingerprint density at radius 2 is 1.71 bits per heavy atom. The Balaban J connectivity index is 1.79. The van der Waals surface area contributed by atoms with Crippen LogP contribution in [0.5, 0.6) is 0 Å². The molecule has 2 aromatic carbocycles. The molecule has 1 aliphatic heterocycles. The number of aromatic carboxylic acids is 1. The maximum absolute atomic E-state index is 12.5. The fourth-order valence-corrected chi connectivity index (χ4v) is 4.48. The van der Waals surface area contributed by atoms with E-state index in [2.05, 4.69) is 39.2 Å². The third-order valence-electron chi connectivity index (χ3n) is 6.10. The quantitative estimate of drug-likeness (QED) is 0.411. The summed E-state index contributed by atoms with van der Waals surface area (Å²) in [4.78, 5) is 23.8.